The largest absolute Gasteiger partial charge is 0.416 e. The monoisotopic (exact) mass is 381 g/mol. The van der Waals surface area contributed by atoms with Gasteiger partial charge in [0.05, 0.1) is 15.4 Å². The molecule has 0 aliphatic carbocycles. The summed E-state index contributed by atoms with van der Waals surface area (Å²) < 4.78 is 38.5. The minimum atomic E-state index is -5.04. The van der Waals surface area contributed by atoms with E-state index in [2.05, 4.69) is 0 Å². The van der Waals surface area contributed by atoms with Crippen molar-refractivity contribution in [2.75, 3.05) is 5.32 Å². The summed E-state index contributed by atoms with van der Waals surface area (Å²) in [6.07, 6.45) is -2.76. The maximum atomic E-state index is 12.8. The SMILES string of the molecule is O=C(C=Cc1ccccc1)Nc1c([N+](=O)[O-])cc(C(F)(F)F)cc1[N+](=O)[O-]. The highest BCUT2D eigenvalue weighted by Gasteiger charge is 2.38. The van der Waals surface area contributed by atoms with Crippen molar-refractivity contribution in [3.63, 3.8) is 0 Å². The molecule has 8 nitrogen and oxygen atoms in total. The van der Waals surface area contributed by atoms with E-state index in [0.717, 1.165) is 6.08 Å². The Morgan fingerprint density at radius 1 is 1.00 bits per heavy atom. The number of benzene rings is 2. The molecule has 140 valence electrons. The fourth-order valence-corrected chi connectivity index (χ4v) is 2.09. The Morgan fingerprint density at radius 2 is 1.52 bits per heavy atom. The molecular formula is C16H10F3N3O5. The first-order valence-corrected chi connectivity index (χ1v) is 7.17. The molecule has 0 aliphatic rings. The van der Waals surface area contributed by atoms with Crippen LogP contribution >= 0.6 is 0 Å². The Labute approximate surface area is 149 Å². The summed E-state index contributed by atoms with van der Waals surface area (Å²) in [6.45, 7) is 0. The van der Waals surface area contributed by atoms with E-state index >= 15 is 0 Å². The minimum absolute atomic E-state index is 0.128. The quantitative estimate of drug-likeness (QED) is 0.474. The maximum absolute atomic E-state index is 12.8. The smallest absolute Gasteiger partial charge is 0.311 e. The number of nitro benzene ring substituents is 2. The van der Waals surface area contributed by atoms with E-state index in [0.29, 0.717) is 5.56 Å². The van der Waals surface area contributed by atoms with Gasteiger partial charge in [-0.05, 0) is 11.6 Å². The first-order chi connectivity index (χ1) is 12.6. The summed E-state index contributed by atoms with van der Waals surface area (Å²) in [5.41, 5.74) is -4.38. The van der Waals surface area contributed by atoms with Gasteiger partial charge in [0.15, 0.2) is 5.69 Å². The van der Waals surface area contributed by atoms with E-state index in [9.17, 15) is 38.2 Å². The summed E-state index contributed by atoms with van der Waals surface area (Å²) in [5.74, 6) is -0.982. The van der Waals surface area contributed by atoms with Crippen LogP contribution < -0.4 is 5.32 Å². The zero-order chi connectivity index (χ0) is 20.2. The minimum Gasteiger partial charge on any atom is -0.311 e. The van der Waals surface area contributed by atoms with Gasteiger partial charge in [0, 0.05) is 18.2 Å². The van der Waals surface area contributed by atoms with Crippen molar-refractivity contribution in [1.29, 1.82) is 0 Å². The van der Waals surface area contributed by atoms with Crippen LogP contribution in [-0.4, -0.2) is 15.8 Å². The Morgan fingerprint density at radius 3 is 1.96 bits per heavy atom. The fourth-order valence-electron chi connectivity index (χ4n) is 2.09. The highest BCUT2D eigenvalue weighted by Crippen LogP contribution is 2.41. The normalized spacial score (nSPS) is 11.4. The summed E-state index contributed by atoms with van der Waals surface area (Å²) in [7, 11) is 0. The molecule has 1 amide bonds. The number of rotatable bonds is 5. The van der Waals surface area contributed by atoms with Crippen LogP contribution in [0.5, 0.6) is 0 Å². The first-order valence-electron chi connectivity index (χ1n) is 7.17. The topological polar surface area (TPSA) is 115 Å². The van der Waals surface area contributed by atoms with Crippen molar-refractivity contribution < 1.29 is 27.8 Å². The summed E-state index contributed by atoms with van der Waals surface area (Å²) in [4.78, 5) is 31.6. The van der Waals surface area contributed by atoms with E-state index in [1.165, 1.54) is 6.08 Å². The number of halogens is 3. The summed E-state index contributed by atoms with van der Waals surface area (Å²) >= 11 is 0. The number of alkyl halides is 3. The molecule has 2 rings (SSSR count). The molecule has 2 aromatic carbocycles. The lowest BCUT2D eigenvalue weighted by molar-refractivity contribution is -0.392. The van der Waals surface area contributed by atoms with Gasteiger partial charge in [-0.1, -0.05) is 30.3 Å². The second kappa shape index (κ2) is 7.64. The van der Waals surface area contributed by atoms with E-state index in [-0.39, 0.29) is 12.1 Å². The number of carbonyl (C=O) groups excluding carboxylic acids is 1. The van der Waals surface area contributed by atoms with Gasteiger partial charge in [0.2, 0.25) is 5.91 Å². The Bertz CT molecular complexity index is 892. The third-order valence-corrected chi connectivity index (χ3v) is 3.29. The fraction of sp³-hybridized carbons (Fsp3) is 0.0625. The molecule has 0 aromatic heterocycles. The lowest BCUT2D eigenvalue weighted by Gasteiger charge is -2.10. The van der Waals surface area contributed by atoms with Gasteiger partial charge in [0.1, 0.15) is 0 Å². The average molecular weight is 381 g/mol. The van der Waals surface area contributed by atoms with Gasteiger partial charge in [-0.2, -0.15) is 13.2 Å². The van der Waals surface area contributed by atoms with Crippen LogP contribution in [0, 0.1) is 20.2 Å². The number of hydrogen-bond donors (Lipinski definition) is 1. The van der Waals surface area contributed by atoms with Crippen molar-refractivity contribution in [2.45, 2.75) is 6.18 Å². The maximum Gasteiger partial charge on any atom is 0.416 e. The van der Waals surface area contributed by atoms with Gasteiger partial charge >= 0.3 is 17.6 Å². The van der Waals surface area contributed by atoms with Crippen molar-refractivity contribution in [3.05, 3.63) is 79.9 Å². The predicted molar refractivity (Wildman–Crippen MR) is 88.9 cm³/mol. The number of nitro groups is 2. The van der Waals surface area contributed by atoms with Gasteiger partial charge in [0.25, 0.3) is 0 Å². The lowest BCUT2D eigenvalue weighted by atomic mass is 10.1. The van der Waals surface area contributed by atoms with Crippen molar-refractivity contribution in [3.8, 4) is 0 Å². The van der Waals surface area contributed by atoms with E-state index < -0.39 is 44.6 Å². The molecule has 0 aliphatic heterocycles. The highest BCUT2D eigenvalue weighted by molar-refractivity contribution is 6.04. The number of amides is 1. The molecule has 2 aromatic rings. The highest BCUT2D eigenvalue weighted by atomic mass is 19.4. The summed E-state index contributed by atoms with van der Waals surface area (Å²) in [5, 5.41) is 24.1. The molecule has 0 saturated carbocycles. The number of anilines is 1. The molecule has 0 radical (unpaired) electrons. The van der Waals surface area contributed by atoms with Gasteiger partial charge in [-0.15, -0.1) is 0 Å². The standard InChI is InChI=1S/C16H10F3N3O5/c17-16(18,19)11-8-12(21(24)25)15(13(9-11)22(26)27)20-14(23)7-6-10-4-2-1-3-5-10/h1-9H,(H,20,23). The average Bonchev–Trinajstić information content (AvgIpc) is 2.59. The number of carbonyl (C=O) groups is 1. The molecule has 1 N–H and O–H groups in total. The van der Waals surface area contributed by atoms with E-state index in [1.54, 1.807) is 30.3 Å². The van der Waals surface area contributed by atoms with E-state index in [1.807, 2.05) is 5.32 Å². The molecule has 11 heteroatoms. The van der Waals surface area contributed by atoms with Gasteiger partial charge < -0.3 is 5.32 Å². The van der Waals surface area contributed by atoms with Crippen LogP contribution in [0.25, 0.3) is 6.08 Å². The number of hydrogen-bond acceptors (Lipinski definition) is 5. The van der Waals surface area contributed by atoms with Crippen LogP contribution in [0.3, 0.4) is 0 Å². The second-order valence-electron chi connectivity index (χ2n) is 5.13. The zero-order valence-corrected chi connectivity index (χ0v) is 13.3. The van der Waals surface area contributed by atoms with Crippen LogP contribution in [0.4, 0.5) is 30.2 Å². The van der Waals surface area contributed by atoms with Gasteiger partial charge in [-0.25, -0.2) is 0 Å². The first kappa shape index (κ1) is 19.6. The predicted octanol–water partition coefficient (Wildman–Crippen LogP) is 4.17. The van der Waals surface area contributed by atoms with Crippen LogP contribution in [0.2, 0.25) is 0 Å². The van der Waals surface area contributed by atoms with Crippen molar-refractivity contribution in [2.24, 2.45) is 0 Å². The van der Waals surface area contributed by atoms with Crippen molar-refractivity contribution >= 4 is 29.0 Å². The second-order valence-corrected chi connectivity index (χ2v) is 5.13. The Kier molecular flexibility index (Phi) is 5.54. The molecular weight excluding hydrogens is 371 g/mol. The van der Waals surface area contributed by atoms with Crippen LogP contribution in [0.15, 0.2) is 48.5 Å². The third-order valence-electron chi connectivity index (χ3n) is 3.29. The summed E-state index contributed by atoms with van der Waals surface area (Å²) in [6, 6.07) is 8.64. The molecule has 0 atom stereocenters. The molecule has 0 fully saturated rings. The van der Waals surface area contributed by atoms with E-state index in [4.69, 9.17) is 0 Å². The third kappa shape index (κ3) is 4.87. The molecule has 0 spiro atoms. The number of nitrogens with one attached hydrogen (secondary N) is 1. The number of nitrogens with zero attached hydrogens (tertiary/aromatic N) is 2. The molecule has 27 heavy (non-hydrogen) atoms. The van der Waals surface area contributed by atoms with Gasteiger partial charge in [-0.3, -0.25) is 25.0 Å². The zero-order valence-electron chi connectivity index (χ0n) is 13.3. The van der Waals surface area contributed by atoms with Crippen LogP contribution in [0.1, 0.15) is 11.1 Å². The molecule has 0 unspecified atom stereocenters. The Balaban J connectivity index is 2.45. The molecule has 0 heterocycles. The van der Waals surface area contributed by atoms with Crippen molar-refractivity contribution in [1.82, 2.24) is 0 Å². The Hall–Kier alpha value is -3.76. The molecule has 0 bridgehead atoms. The van der Waals surface area contributed by atoms with Crippen LogP contribution in [-0.2, 0) is 11.0 Å². The molecule has 0 saturated heterocycles. The lowest BCUT2D eigenvalue weighted by Crippen LogP contribution is -2.14.